The zero-order chi connectivity index (χ0) is 33.8. The third-order valence-electron chi connectivity index (χ3n) is 8.14. The molecule has 9 heteroatoms. The molecular formula is C37H43F3N2O4. The first kappa shape index (κ1) is 34.6. The first-order chi connectivity index (χ1) is 21.6. The van der Waals surface area contributed by atoms with Gasteiger partial charge >= 0.3 is 12.1 Å². The molecule has 0 aliphatic heterocycles. The number of alkyl halides is 3. The lowest BCUT2D eigenvalue weighted by atomic mass is 9.99. The topological polar surface area (TPSA) is 80.6 Å². The first-order valence-electron chi connectivity index (χ1n) is 15.7. The molecule has 0 saturated heterocycles. The van der Waals surface area contributed by atoms with E-state index in [2.05, 4.69) is 23.7 Å². The van der Waals surface area contributed by atoms with Crippen molar-refractivity contribution in [2.24, 2.45) is 5.92 Å². The summed E-state index contributed by atoms with van der Waals surface area (Å²) < 4.78 is 50.7. The number of nitrogens with zero attached hydrogens (tertiary/aromatic N) is 1. The van der Waals surface area contributed by atoms with Crippen molar-refractivity contribution in [1.29, 1.82) is 0 Å². The number of halogens is 3. The van der Waals surface area contributed by atoms with E-state index >= 15 is 0 Å². The van der Waals surface area contributed by atoms with Gasteiger partial charge in [0.2, 0.25) is 0 Å². The second kappa shape index (κ2) is 14.0. The van der Waals surface area contributed by atoms with Crippen molar-refractivity contribution in [2.75, 3.05) is 0 Å². The van der Waals surface area contributed by atoms with Gasteiger partial charge in [-0.25, -0.2) is 4.79 Å². The van der Waals surface area contributed by atoms with Crippen LogP contribution < -0.4 is 10.1 Å². The molecule has 0 unspecified atom stereocenters. The number of nitrogens with one attached hydrogen (secondary N) is 1. The standard InChI is InChI=1S/C37H43F3N2O4/c1-7-8-11-25-12-9-14-27(18-25)33(37(38,39)40)41-34(43)28-16-17-30-31(24(4)42(22-23(2)3)32(30)21-28)20-26-13-10-15-29(19-26)46-36(5,6)35(44)45/h9-10,12-19,21,23,33H,7-8,11,20,22H2,1-6H3,(H,41,43)(H,44,45)/t33-/m1/s1. The molecule has 0 bridgehead atoms. The largest absolute Gasteiger partial charge is 0.478 e. The zero-order valence-electron chi connectivity index (χ0n) is 27.3. The van der Waals surface area contributed by atoms with Crippen LogP contribution in [0.1, 0.15) is 91.8 Å². The Hall–Kier alpha value is -4.27. The smallest absolute Gasteiger partial charge is 0.412 e. The monoisotopic (exact) mass is 636 g/mol. The number of aliphatic carboxylic acids is 1. The van der Waals surface area contributed by atoms with Crippen LogP contribution >= 0.6 is 0 Å². The van der Waals surface area contributed by atoms with Crippen LogP contribution in [0.5, 0.6) is 5.75 Å². The number of fused-ring (bicyclic) bond motifs is 1. The summed E-state index contributed by atoms with van der Waals surface area (Å²) in [7, 11) is 0. The average molecular weight is 637 g/mol. The highest BCUT2D eigenvalue weighted by Gasteiger charge is 2.42. The normalized spacial score (nSPS) is 12.8. The Balaban J connectivity index is 1.68. The van der Waals surface area contributed by atoms with E-state index in [0.717, 1.165) is 46.1 Å². The molecule has 4 rings (SSSR count). The van der Waals surface area contributed by atoms with Gasteiger partial charge in [-0.05, 0) is 92.5 Å². The Labute approximate surface area is 268 Å². The minimum atomic E-state index is -4.68. The van der Waals surface area contributed by atoms with Crippen LogP contribution in [0.25, 0.3) is 10.9 Å². The van der Waals surface area contributed by atoms with Crippen LogP contribution in [-0.4, -0.2) is 33.3 Å². The van der Waals surface area contributed by atoms with Crippen molar-refractivity contribution >= 4 is 22.8 Å². The molecule has 0 spiro atoms. The lowest BCUT2D eigenvalue weighted by molar-refractivity contribution is -0.155. The summed E-state index contributed by atoms with van der Waals surface area (Å²) in [5.41, 5.74) is 3.21. The van der Waals surface area contributed by atoms with Crippen molar-refractivity contribution < 1.29 is 32.6 Å². The van der Waals surface area contributed by atoms with Gasteiger partial charge in [0.1, 0.15) is 5.75 Å². The fourth-order valence-electron chi connectivity index (χ4n) is 5.65. The number of carbonyl (C=O) groups excluding carboxylic acids is 1. The number of carboxylic acid groups (broad SMARTS) is 1. The Morgan fingerprint density at radius 3 is 2.33 bits per heavy atom. The fourth-order valence-corrected chi connectivity index (χ4v) is 5.65. The molecule has 0 aliphatic carbocycles. The molecule has 0 fully saturated rings. The molecule has 1 heterocycles. The SMILES string of the molecule is CCCCc1cccc([C@@H](NC(=O)c2ccc3c(Cc4cccc(OC(C)(C)C(=O)O)c4)c(C)n(CC(C)C)c3c2)C(F)(F)F)c1. The Bertz CT molecular complexity index is 1700. The van der Waals surface area contributed by atoms with Crippen molar-refractivity contribution in [3.05, 3.63) is 100 Å². The van der Waals surface area contributed by atoms with E-state index in [-0.39, 0.29) is 17.0 Å². The second-order valence-corrected chi connectivity index (χ2v) is 12.8. The minimum Gasteiger partial charge on any atom is -0.478 e. The predicted molar refractivity (Wildman–Crippen MR) is 174 cm³/mol. The van der Waals surface area contributed by atoms with Gasteiger partial charge in [-0.2, -0.15) is 13.2 Å². The maximum atomic E-state index is 14.3. The molecule has 1 atom stereocenters. The Morgan fingerprint density at radius 1 is 0.978 bits per heavy atom. The zero-order valence-corrected chi connectivity index (χ0v) is 27.3. The predicted octanol–water partition coefficient (Wildman–Crippen LogP) is 8.81. The van der Waals surface area contributed by atoms with Crippen molar-refractivity contribution in [2.45, 2.75) is 91.6 Å². The molecule has 1 amide bonds. The van der Waals surface area contributed by atoms with Gasteiger partial charge in [0.05, 0.1) is 0 Å². The number of carbonyl (C=O) groups is 2. The van der Waals surface area contributed by atoms with Gasteiger partial charge in [0, 0.05) is 28.7 Å². The molecule has 0 saturated carbocycles. The number of aromatic nitrogens is 1. The Morgan fingerprint density at radius 2 is 1.67 bits per heavy atom. The van der Waals surface area contributed by atoms with Crippen molar-refractivity contribution in [1.82, 2.24) is 9.88 Å². The summed E-state index contributed by atoms with van der Waals surface area (Å²) in [5, 5.41) is 12.6. The third-order valence-corrected chi connectivity index (χ3v) is 8.14. The molecule has 2 N–H and O–H groups in total. The van der Waals surface area contributed by atoms with Crippen LogP contribution in [0.2, 0.25) is 0 Å². The molecule has 1 aromatic heterocycles. The maximum Gasteiger partial charge on any atom is 0.412 e. The highest BCUT2D eigenvalue weighted by Crippen LogP contribution is 2.35. The van der Waals surface area contributed by atoms with E-state index in [4.69, 9.17) is 4.74 Å². The third kappa shape index (κ3) is 8.11. The van der Waals surface area contributed by atoms with Gasteiger partial charge in [-0.15, -0.1) is 0 Å². The van der Waals surface area contributed by atoms with Gasteiger partial charge in [-0.1, -0.05) is 69.7 Å². The van der Waals surface area contributed by atoms with Crippen molar-refractivity contribution in [3.8, 4) is 5.75 Å². The summed E-state index contributed by atoms with van der Waals surface area (Å²) in [6, 6.07) is 16.5. The molecule has 0 aliphatic rings. The first-order valence-corrected chi connectivity index (χ1v) is 15.7. The van der Waals surface area contributed by atoms with Crippen molar-refractivity contribution in [3.63, 3.8) is 0 Å². The minimum absolute atomic E-state index is 0.00907. The number of ether oxygens (including phenoxy) is 1. The molecular weight excluding hydrogens is 593 g/mol. The van der Waals surface area contributed by atoms with Gasteiger partial charge in [0.25, 0.3) is 5.91 Å². The molecule has 6 nitrogen and oxygen atoms in total. The maximum absolute atomic E-state index is 14.3. The van der Waals surface area contributed by atoms with Crippen LogP contribution in [0.15, 0.2) is 66.7 Å². The second-order valence-electron chi connectivity index (χ2n) is 12.8. The molecule has 246 valence electrons. The van der Waals surface area contributed by atoms with E-state index in [0.29, 0.717) is 25.1 Å². The summed E-state index contributed by atoms with van der Waals surface area (Å²) in [4.78, 5) is 25.0. The number of amides is 1. The number of hydrogen-bond acceptors (Lipinski definition) is 3. The van der Waals surface area contributed by atoms with E-state index in [1.54, 1.807) is 30.3 Å². The summed E-state index contributed by atoms with van der Waals surface area (Å²) in [5.74, 6) is -1.18. The van der Waals surface area contributed by atoms with E-state index in [1.807, 2.05) is 38.1 Å². The van der Waals surface area contributed by atoms with Gasteiger partial charge in [-0.3, -0.25) is 4.79 Å². The molecule has 3 aromatic carbocycles. The fraction of sp³-hybridized carbons (Fsp3) is 0.405. The quantitative estimate of drug-likeness (QED) is 0.154. The van der Waals surface area contributed by atoms with E-state index < -0.39 is 29.7 Å². The van der Waals surface area contributed by atoms with Gasteiger partial charge in [0.15, 0.2) is 11.6 Å². The number of unbranched alkanes of at least 4 members (excludes halogenated alkanes) is 1. The van der Waals surface area contributed by atoms with Crippen LogP contribution in [0.3, 0.4) is 0 Å². The van der Waals surface area contributed by atoms with Crippen LogP contribution in [0, 0.1) is 12.8 Å². The Kier molecular flexibility index (Phi) is 10.5. The molecule has 0 radical (unpaired) electrons. The average Bonchev–Trinajstić information content (AvgIpc) is 3.23. The lowest BCUT2D eigenvalue weighted by Crippen LogP contribution is -2.38. The summed E-state index contributed by atoms with van der Waals surface area (Å²) >= 11 is 0. The number of aryl methyl sites for hydroxylation is 1. The molecule has 4 aromatic rings. The lowest BCUT2D eigenvalue weighted by Gasteiger charge is -2.23. The van der Waals surface area contributed by atoms with Crippen LogP contribution in [-0.2, 0) is 24.2 Å². The van der Waals surface area contributed by atoms with E-state index in [1.165, 1.54) is 26.0 Å². The molecule has 46 heavy (non-hydrogen) atoms. The van der Waals surface area contributed by atoms with Crippen LogP contribution in [0.4, 0.5) is 13.2 Å². The summed E-state index contributed by atoms with van der Waals surface area (Å²) in [6.07, 6.45) is -1.70. The summed E-state index contributed by atoms with van der Waals surface area (Å²) in [6.45, 7) is 11.8. The highest BCUT2D eigenvalue weighted by atomic mass is 19.4. The number of benzene rings is 3. The van der Waals surface area contributed by atoms with Gasteiger partial charge < -0.3 is 19.7 Å². The number of hydrogen-bond donors (Lipinski definition) is 2. The highest BCUT2D eigenvalue weighted by molar-refractivity contribution is 5.99. The van der Waals surface area contributed by atoms with E-state index in [9.17, 15) is 27.9 Å². The number of rotatable bonds is 13. The number of carboxylic acids is 1.